The van der Waals surface area contributed by atoms with Gasteiger partial charge in [0.1, 0.15) is 16.9 Å². The smallest absolute Gasteiger partial charge is 0.231 e. The first-order valence-corrected chi connectivity index (χ1v) is 5.57. The maximum absolute atomic E-state index is 5.64. The highest BCUT2D eigenvalue weighted by atomic mass is 32.1. The quantitative estimate of drug-likeness (QED) is 0.678. The molecule has 3 aromatic rings. The van der Waals surface area contributed by atoms with E-state index in [0.717, 1.165) is 10.2 Å². The van der Waals surface area contributed by atoms with E-state index in [2.05, 4.69) is 15.0 Å². The third-order valence-corrected chi connectivity index (χ3v) is 2.89. The van der Waals surface area contributed by atoms with Crippen molar-refractivity contribution in [2.24, 2.45) is 0 Å². The molecule has 0 amide bonds. The van der Waals surface area contributed by atoms with Crippen LogP contribution in [0.2, 0.25) is 0 Å². The van der Waals surface area contributed by atoms with Crippen LogP contribution < -0.4 is 4.74 Å². The molecule has 0 unspecified atom stereocenters. The number of ether oxygens (including phenoxy) is 1. The Balaban J connectivity index is 2.04. The Morgan fingerprint density at radius 2 is 2.19 bits per heavy atom. The van der Waals surface area contributed by atoms with E-state index in [1.54, 1.807) is 23.7 Å². The van der Waals surface area contributed by atoms with Crippen molar-refractivity contribution in [3.63, 3.8) is 0 Å². The molecule has 5 heteroatoms. The number of aromatic nitrogens is 3. The predicted octanol–water partition coefficient (Wildman–Crippen LogP) is 2.88. The molecule has 0 bridgehead atoms. The molecule has 0 saturated carbocycles. The number of nitrogens with zero attached hydrogens (tertiary/aromatic N) is 3. The highest BCUT2D eigenvalue weighted by molar-refractivity contribution is 7.16. The van der Waals surface area contributed by atoms with Gasteiger partial charge in [0.05, 0.1) is 11.6 Å². The Bertz CT molecular complexity index is 609. The molecule has 78 valence electrons. The van der Waals surface area contributed by atoms with E-state index in [0.29, 0.717) is 11.6 Å². The second-order valence-electron chi connectivity index (χ2n) is 3.11. The molecule has 0 fully saturated rings. The van der Waals surface area contributed by atoms with Gasteiger partial charge < -0.3 is 4.74 Å². The SMILES string of the molecule is c1cncc(Oc2ncnc3sccc23)c1. The normalized spacial score (nSPS) is 10.5. The minimum Gasteiger partial charge on any atom is -0.437 e. The van der Waals surface area contributed by atoms with Gasteiger partial charge in [0.15, 0.2) is 0 Å². The van der Waals surface area contributed by atoms with Gasteiger partial charge in [0.25, 0.3) is 0 Å². The Morgan fingerprint density at radius 1 is 1.19 bits per heavy atom. The molecule has 0 radical (unpaired) electrons. The van der Waals surface area contributed by atoms with E-state index >= 15 is 0 Å². The first-order valence-electron chi connectivity index (χ1n) is 4.69. The molecular formula is C11H7N3OS. The molecule has 0 saturated heterocycles. The van der Waals surface area contributed by atoms with Crippen LogP contribution in [0, 0.1) is 0 Å². The summed E-state index contributed by atoms with van der Waals surface area (Å²) < 4.78 is 5.64. The molecule has 0 aromatic carbocycles. The van der Waals surface area contributed by atoms with Crippen molar-refractivity contribution in [2.75, 3.05) is 0 Å². The summed E-state index contributed by atoms with van der Waals surface area (Å²) in [6.45, 7) is 0. The van der Waals surface area contributed by atoms with Crippen LogP contribution in [-0.4, -0.2) is 15.0 Å². The van der Waals surface area contributed by atoms with Gasteiger partial charge in [-0.25, -0.2) is 9.97 Å². The summed E-state index contributed by atoms with van der Waals surface area (Å²) in [5.74, 6) is 1.24. The predicted molar refractivity (Wildman–Crippen MR) is 61.7 cm³/mol. The molecule has 0 spiro atoms. The van der Waals surface area contributed by atoms with Crippen LogP contribution in [0.25, 0.3) is 10.2 Å². The average molecular weight is 229 g/mol. The zero-order valence-corrected chi connectivity index (χ0v) is 9.02. The minimum absolute atomic E-state index is 0.569. The Hall–Kier alpha value is -2.01. The Morgan fingerprint density at radius 3 is 3.06 bits per heavy atom. The summed E-state index contributed by atoms with van der Waals surface area (Å²) in [7, 11) is 0. The van der Waals surface area contributed by atoms with Crippen molar-refractivity contribution in [3.05, 3.63) is 42.3 Å². The van der Waals surface area contributed by atoms with E-state index in [1.807, 2.05) is 23.6 Å². The molecule has 0 aliphatic rings. The maximum Gasteiger partial charge on any atom is 0.231 e. The summed E-state index contributed by atoms with van der Waals surface area (Å²) in [6, 6.07) is 5.61. The highest BCUT2D eigenvalue weighted by Crippen LogP contribution is 2.28. The van der Waals surface area contributed by atoms with Crippen LogP contribution in [0.3, 0.4) is 0 Å². The zero-order chi connectivity index (χ0) is 10.8. The van der Waals surface area contributed by atoms with E-state index in [-0.39, 0.29) is 0 Å². The number of hydrogen-bond donors (Lipinski definition) is 0. The van der Waals surface area contributed by atoms with Crippen LogP contribution in [0.1, 0.15) is 0 Å². The molecule has 3 aromatic heterocycles. The fourth-order valence-corrected chi connectivity index (χ4v) is 2.09. The number of rotatable bonds is 2. The molecule has 16 heavy (non-hydrogen) atoms. The first kappa shape index (κ1) is 9.23. The summed E-state index contributed by atoms with van der Waals surface area (Å²) >= 11 is 1.57. The van der Waals surface area contributed by atoms with Crippen LogP contribution in [0.5, 0.6) is 11.6 Å². The van der Waals surface area contributed by atoms with Crippen molar-refractivity contribution in [1.82, 2.24) is 15.0 Å². The van der Waals surface area contributed by atoms with Gasteiger partial charge in [-0.3, -0.25) is 4.98 Å². The van der Waals surface area contributed by atoms with Gasteiger partial charge in [-0.15, -0.1) is 11.3 Å². The summed E-state index contributed by atoms with van der Waals surface area (Å²) in [5.41, 5.74) is 0. The molecule has 0 aliphatic heterocycles. The lowest BCUT2D eigenvalue weighted by atomic mass is 10.4. The molecule has 3 rings (SSSR count). The van der Waals surface area contributed by atoms with Gasteiger partial charge in [-0.05, 0) is 23.6 Å². The fraction of sp³-hybridized carbons (Fsp3) is 0. The maximum atomic E-state index is 5.64. The lowest BCUT2D eigenvalue weighted by Gasteiger charge is -2.03. The highest BCUT2D eigenvalue weighted by Gasteiger charge is 2.06. The largest absolute Gasteiger partial charge is 0.437 e. The van der Waals surface area contributed by atoms with Gasteiger partial charge in [-0.1, -0.05) is 0 Å². The van der Waals surface area contributed by atoms with Crippen molar-refractivity contribution < 1.29 is 4.74 Å². The third-order valence-electron chi connectivity index (χ3n) is 2.07. The van der Waals surface area contributed by atoms with Crippen LogP contribution in [0.4, 0.5) is 0 Å². The molecule has 0 atom stereocenters. The van der Waals surface area contributed by atoms with Crippen LogP contribution in [0.15, 0.2) is 42.3 Å². The van der Waals surface area contributed by atoms with Gasteiger partial charge in [-0.2, -0.15) is 0 Å². The molecule has 4 nitrogen and oxygen atoms in total. The minimum atomic E-state index is 0.569. The standard InChI is InChI=1S/C11H7N3OS/c1-2-8(6-12-4-1)15-10-9-3-5-16-11(9)14-7-13-10/h1-7H. The summed E-state index contributed by atoms with van der Waals surface area (Å²) in [5, 5.41) is 2.89. The van der Waals surface area contributed by atoms with Crippen molar-refractivity contribution in [3.8, 4) is 11.6 Å². The second-order valence-corrected chi connectivity index (χ2v) is 4.00. The van der Waals surface area contributed by atoms with Crippen molar-refractivity contribution in [2.45, 2.75) is 0 Å². The van der Waals surface area contributed by atoms with E-state index in [1.165, 1.54) is 6.33 Å². The van der Waals surface area contributed by atoms with Gasteiger partial charge in [0.2, 0.25) is 5.88 Å². The third kappa shape index (κ3) is 1.61. The van der Waals surface area contributed by atoms with Crippen LogP contribution in [-0.2, 0) is 0 Å². The summed E-state index contributed by atoms with van der Waals surface area (Å²) in [6.07, 6.45) is 4.86. The van der Waals surface area contributed by atoms with E-state index < -0.39 is 0 Å². The van der Waals surface area contributed by atoms with Gasteiger partial charge >= 0.3 is 0 Å². The number of fused-ring (bicyclic) bond motifs is 1. The zero-order valence-electron chi connectivity index (χ0n) is 8.20. The van der Waals surface area contributed by atoms with E-state index in [9.17, 15) is 0 Å². The Kier molecular flexibility index (Phi) is 2.23. The number of pyridine rings is 1. The average Bonchev–Trinajstić information content (AvgIpc) is 2.80. The fourth-order valence-electron chi connectivity index (χ4n) is 1.37. The van der Waals surface area contributed by atoms with Crippen molar-refractivity contribution >= 4 is 21.6 Å². The molecular weight excluding hydrogens is 222 g/mol. The molecule has 3 heterocycles. The first-order chi connectivity index (χ1) is 7.93. The second kappa shape index (κ2) is 3.86. The van der Waals surface area contributed by atoms with Gasteiger partial charge in [0, 0.05) is 6.20 Å². The Labute approximate surface area is 95.6 Å². The van der Waals surface area contributed by atoms with Crippen molar-refractivity contribution in [1.29, 1.82) is 0 Å². The molecule has 0 N–H and O–H groups in total. The lowest BCUT2D eigenvalue weighted by molar-refractivity contribution is 0.466. The van der Waals surface area contributed by atoms with E-state index in [4.69, 9.17) is 4.74 Å². The lowest BCUT2D eigenvalue weighted by Crippen LogP contribution is -1.89. The van der Waals surface area contributed by atoms with Crippen LogP contribution >= 0.6 is 11.3 Å². The molecule has 0 aliphatic carbocycles. The number of hydrogen-bond acceptors (Lipinski definition) is 5. The topological polar surface area (TPSA) is 47.9 Å². The number of thiophene rings is 1. The monoisotopic (exact) mass is 229 g/mol. The summed E-state index contributed by atoms with van der Waals surface area (Å²) in [4.78, 5) is 13.2.